The average molecular weight is 285 g/mol. The number of carbonyl (C=O) groups excluding carboxylic acids is 2. The van der Waals surface area contributed by atoms with Crippen molar-refractivity contribution < 1.29 is 14.5 Å². The first-order chi connectivity index (χ1) is 9.97. The molecule has 2 rings (SSSR count). The standard InChI is InChI=1S/C14H11N3O4/c15-13(18)9-1-5-11(6-2-9)16-14(19)10-3-7-12(8-4-10)17(20)21/h1-8H,(H2,15,18)(H,16,19). The minimum absolute atomic E-state index is 0.0858. The molecule has 0 atom stereocenters. The molecule has 0 spiro atoms. The fourth-order valence-electron chi connectivity index (χ4n) is 1.66. The molecule has 7 heteroatoms. The van der Waals surface area contributed by atoms with Crippen LogP contribution in [0.2, 0.25) is 0 Å². The van der Waals surface area contributed by atoms with Crippen molar-refractivity contribution in [1.29, 1.82) is 0 Å². The summed E-state index contributed by atoms with van der Waals surface area (Å²) in [4.78, 5) is 32.9. The van der Waals surface area contributed by atoms with Crippen LogP contribution in [0, 0.1) is 10.1 Å². The van der Waals surface area contributed by atoms with E-state index < -0.39 is 16.7 Å². The fraction of sp³-hybridized carbons (Fsp3) is 0. The lowest BCUT2D eigenvalue weighted by Crippen LogP contribution is -2.13. The SMILES string of the molecule is NC(=O)c1ccc(NC(=O)c2ccc([N+](=O)[O-])cc2)cc1. The van der Waals surface area contributed by atoms with E-state index in [1.807, 2.05) is 0 Å². The van der Waals surface area contributed by atoms with Gasteiger partial charge in [0.15, 0.2) is 0 Å². The van der Waals surface area contributed by atoms with Gasteiger partial charge < -0.3 is 11.1 Å². The van der Waals surface area contributed by atoms with Gasteiger partial charge in [-0.2, -0.15) is 0 Å². The number of benzene rings is 2. The van der Waals surface area contributed by atoms with Crippen LogP contribution in [0.5, 0.6) is 0 Å². The van der Waals surface area contributed by atoms with Crippen LogP contribution in [0.3, 0.4) is 0 Å². The lowest BCUT2D eigenvalue weighted by atomic mass is 10.1. The molecule has 7 nitrogen and oxygen atoms in total. The Labute approximate surface area is 119 Å². The number of carbonyl (C=O) groups is 2. The second kappa shape index (κ2) is 5.83. The van der Waals surface area contributed by atoms with Gasteiger partial charge in [-0.05, 0) is 36.4 Å². The van der Waals surface area contributed by atoms with E-state index in [9.17, 15) is 19.7 Å². The summed E-state index contributed by atoms with van der Waals surface area (Å²) < 4.78 is 0. The summed E-state index contributed by atoms with van der Waals surface area (Å²) in [7, 11) is 0. The molecule has 0 radical (unpaired) electrons. The first-order valence-electron chi connectivity index (χ1n) is 5.93. The zero-order valence-electron chi connectivity index (χ0n) is 10.8. The van der Waals surface area contributed by atoms with E-state index >= 15 is 0 Å². The Bertz CT molecular complexity index is 693. The minimum atomic E-state index is -0.553. The predicted molar refractivity (Wildman–Crippen MR) is 76.0 cm³/mol. The van der Waals surface area contributed by atoms with E-state index in [4.69, 9.17) is 5.73 Å². The van der Waals surface area contributed by atoms with Crippen LogP contribution >= 0.6 is 0 Å². The van der Waals surface area contributed by atoms with Crippen molar-refractivity contribution in [3.05, 3.63) is 69.8 Å². The molecule has 0 saturated carbocycles. The molecular weight excluding hydrogens is 274 g/mol. The van der Waals surface area contributed by atoms with E-state index in [-0.39, 0.29) is 5.69 Å². The lowest BCUT2D eigenvalue weighted by molar-refractivity contribution is -0.384. The highest BCUT2D eigenvalue weighted by Crippen LogP contribution is 2.14. The van der Waals surface area contributed by atoms with Crippen LogP contribution in [0.4, 0.5) is 11.4 Å². The Morgan fingerprint density at radius 3 is 1.95 bits per heavy atom. The van der Waals surface area contributed by atoms with Gasteiger partial charge in [-0.25, -0.2) is 0 Å². The number of rotatable bonds is 4. The number of nitro benzene ring substituents is 1. The topological polar surface area (TPSA) is 115 Å². The Morgan fingerprint density at radius 1 is 0.952 bits per heavy atom. The first-order valence-corrected chi connectivity index (χ1v) is 5.93. The molecule has 0 aromatic heterocycles. The van der Waals surface area contributed by atoms with E-state index in [0.29, 0.717) is 16.8 Å². The van der Waals surface area contributed by atoms with Crippen LogP contribution in [-0.4, -0.2) is 16.7 Å². The van der Waals surface area contributed by atoms with Crippen LogP contribution in [0.15, 0.2) is 48.5 Å². The maximum absolute atomic E-state index is 11.9. The number of amides is 2. The van der Waals surface area contributed by atoms with Crippen molar-refractivity contribution in [2.75, 3.05) is 5.32 Å². The lowest BCUT2D eigenvalue weighted by Gasteiger charge is -2.05. The molecular formula is C14H11N3O4. The monoisotopic (exact) mass is 285 g/mol. The van der Waals surface area contributed by atoms with Crippen molar-refractivity contribution >= 4 is 23.2 Å². The second-order valence-corrected chi connectivity index (χ2v) is 4.20. The third-order valence-corrected chi connectivity index (χ3v) is 2.77. The van der Waals surface area contributed by atoms with E-state index in [1.165, 1.54) is 36.4 Å². The number of non-ortho nitro benzene ring substituents is 1. The molecule has 0 aliphatic rings. The molecule has 106 valence electrons. The van der Waals surface area contributed by atoms with Crippen LogP contribution in [0.1, 0.15) is 20.7 Å². The molecule has 0 bridgehead atoms. The van der Waals surface area contributed by atoms with Crippen molar-refractivity contribution in [3.8, 4) is 0 Å². The number of primary amides is 1. The maximum Gasteiger partial charge on any atom is 0.269 e. The molecule has 3 N–H and O–H groups in total. The van der Waals surface area contributed by atoms with Crippen molar-refractivity contribution in [3.63, 3.8) is 0 Å². The summed E-state index contributed by atoms with van der Waals surface area (Å²) in [5.74, 6) is -0.958. The van der Waals surface area contributed by atoms with E-state index in [1.54, 1.807) is 12.1 Å². The summed E-state index contributed by atoms with van der Waals surface area (Å²) in [5.41, 5.74) is 6.14. The fourth-order valence-corrected chi connectivity index (χ4v) is 1.66. The molecule has 2 aromatic rings. The van der Waals surface area contributed by atoms with Crippen LogP contribution in [0.25, 0.3) is 0 Å². The normalized spacial score (nSPS) is 9.90. The average Bonchev–Trinajstić information content (AvgIpc) is 2.47. The third-order valence-electron chi connectivity index (χ3n) is 2.77. The first kappa shape index (κ1) is 14.2. The number of hydrogen-bond acceptors (Lipinski definition) is 4. The number of anilines is 1. The Kier molecular flexibility index (Phi) is 3.94. The number of nitro groups is 1. The quantitative estimate of drug-likeness (QED) is 0.659. The third kappa shape index (κ3) is 3.41. The van der Waals surface area contributed by atoms with Gasteiger partial charge >= 0.3 is 0 Å². The summed E-state index contributed by atoms with van der Waals surface area (Å²) in [6.07, 6.45) is 0. The predicted octanol–water partition coefficient (Wildman–Crippen LogP) is 1.95. The molecule has 2 amide bonds. The van der Waals surface area contributed by atoms with Crippen LogP contribution in [-0.2, 0) is 0 Å². The van der Waals surface area contributed by atoms with Crippen molar-refractivity contribution in [1.82, 2.24) is 0 Å². The van der Waals surface area contributed by atoms with E-state index in [0.717, 1.165) is 0 Å². The molecule has 0 aliphatic heterocycles. The largest absolute Gasteiger partial charge is 0.366 e. The molecule has 21 heavy (non-hydrogen) atoms. The van der Waals surface area contributed by atoms with Crippen molar-refractivity contribution in [2.24, 2.45) is 5.73 Å². The Morgan fingerprint density at radius 2 is 1.48 bits per heavy atom. The summed E-state index contributed by atoms with van der Waals surface area (Å²) in [6, 6.07) is 11.3. The van der Waals surface area contributed by atoms with Crippen LogP contribution < -0.4 is 11.1 Å². The maximum atomic E-state index is 11.9. The highest BCUT2D eigenvalue weighted by molar-refractivity contribution is 6.04. The number of hydrogen-bond donors (Lipinski definition) is 2. The summed E-state index contributed by atoms with van der Waals surface area (Å²) in [5, 5.41) is 13.1. The van der Waals surface area contributed by atoms with Gasteiger partial charge in [0.25, 0.3) is 11.6 Å². The molecule has 2 aromatic carbocycles. The van der Waals surface area contributed by atoms with Gasteiger partial charge in [0.1, 0.15) is 0 Å². The Hall–Kier alpha value is -3.22. The van der Waals surface area contributed by atoms with Gasteiger partial charge in [0.2, 0.25) is 5.91 Å². The smallest absolute Gasteiger partial charge is 0.269 e. The molecule has 0 aliphatic carbocycles. The zero-order chi connectivity index (χ0) is 15.4. The number of nitrogens with two attached hydrogens (primary N) is 1. The summed E-state index contributed by atoms with van der Waals surface area (Å²) >= 11 is 0. The van der Waals surface area contributed by atoms with E-state index in [2.05, 4.69) is 5.32 Å². The molecule has 0 heterocycles. The molecule has 0 saturated heterocycles. The van der Waals surface area contributed by atoms with Gasteiger partial charge in [-0.1, -0.05) is 0 Å². The highest BCUT2D eigenvalue weighted by atomic mass is 16.6. The molecule has 0 unspecified atom stereocenters. The van der Waals surface area contributed by atoms with Gasteiger partial charge in [0.05, 0.1) is 4.92 Å². The van der Waals surface area contributed by atoms with Gasteiger partial charge in [0, 0.05) is 28.9 Å². The molecule has 0 fully saturated rings. The zero-order valence-corrected chi connectivity index (χ0v) is 10.8. The number of nitrogens with one attached hydrogen (secondary N) is 1. The minimum Gasteiger partial charge on any atom is -0.366 e. The van der Waals surface area contributed by atoms with Crippen molar-refractivity contribution in [2.45, 2.75) is 0 Å². The second-order valence-electron chi connectivity index (χ2n) is 4.20. The Balaban J connectivity index is 2.10. The number of nitrogens with zero attached hydrogens (tertiary/aromatic N) is 1. The highest BCUT2D eigenvalue weighted by Gasteiger charge is 2.10. The summed E-state index contributed by atoms with van der Waals surface area (Å²) in [6.45, 7) is 0. The van der Waals surface area contributed by atoms with Gasteiger partial charge in [-0.3, -0.25) is 19.7 Å². The van der Waals surface area contributed by atoms with Gasteiger partial charge in [-0.15, -0.1) is 0 Å².